The Hall–Kier alpha value is -3.14. The van der Waals surface area contributed by atoms with Gasteiger partial charge in [0.15, 0.2) is 0 Å². The van der Waals surface area contributed by atoms with E-state index in [0.717, 1.165) is 25.9 Å². The number of hydrogen-bond acceptors (Lipinski definition) is 3. The number of likely N-dealkylation sites (tertiary alicyclic amines) is 1. The van der Waals surface area contributed by atoms with Crippen molar-refractivity contribution >= 4 is 17.7 Å². The zero-order valence-electron chi connectivity index (χ0n) is 18.0. The lowest BCUT2D eigenvalue weighted by molar-refractivity contribution is -0.192. The SMILES string of the molecule is C[C@@H]1C[C@@]2(CCN1Cc1ccccc1)CNC(=O)N2c1cccc(F)c1.O=C(O)C(F)(F)F. The number of amides is 2. The van der Waals surface area contributed by atoms with Gasteiger partial charge in [-0.3, -0.25) is 9.80 Å². The molecule has 2 aliphatic rings. The van der Waals surface area contributed by atoms with Crippen LogP contribution in [0.25, 0.3) is 0 Å². The number of alkyl halides is 3. The first-order chi connectivity index (χ1) is 15.5. The number of urea groups is 1. The molecular formula is C23H25F4N3O3. The van der Waals surface area contributed by atoms with Crippen LogP contribution in [0.15, 0.2) is 54.6 Å². The number of carbonyl (C=O) groups excluding carboxylic acids is 1. The van der Waals surface area contributed by atoms with Gasteiger partial charge in [-0.15, -0.1) is 0 Å². The Morgan fingerprint density at radius 2 is 1.85 bits per heavy atom. The minimum Gasteiger partial charge on any atom is -0.475 e. The Morgan fingerprint density at radius 3 is 2.42 bits per heavy atom. The third-order valence-electron chi connectivity index (χ3n) is 5.95. The lowest BCUT2D eigenvalue weighted by atomic mass is 9.82. The van der Waals surface area contributed by atoms with Gasteiger partial charge < -0.3 is 10.4 Å². The van der Waals surface area contributed by atoms with E-state index in [1.54, 1.807) is 11.0 Å². The first kappa shape index (κ1) is 24.5. The molecule has 2 aliphatic heterocycles. The maximum absolute atomic E-state index is 13.7. The summed E-state index contributed by atoms with van der Waals surface area (Å²) >= 11 is 0. The Bertz CT molecular complexity index is 986. The van der Waals surface area contributed by atoms with Crippen LogP contribution in [-0.2, 0) is 11.3 Å². The van der Waals surface area contributed by atoms with Crippen LogP contribution >= 0.6 is 0 Å². The number of nitrogens with one attached hydrogen (secondary N) is 1. The van der Waals surface area contributed by atoms with Crippen molar-refractivity contribution in [1.29, 1.82) is 0 Å². The Labute approximate surface area is 188 Å². The lowest BCUT2D eigenvalue weighted by Crippen LogP contribution is -2.57. The summed E-state index contributed by atoms with van der Waals surface area (Å²) in [5.41, 5.74) is 1.67. The molecule has 2 heterocycles. The third kappa shape index (κ3) is 5.81. The molecule has 2 amide bonds. The van der Waals surface area contributed by atoms with Crippen molar-refractivity contribution < 1.29 is 32.3 Å². The van der Waals surface area contributed by atoms with Gasteiger partial charge in [0.05, 0.1) is 5.54 Å². The largest absolute Gasteiger partial charge is 0.490 e. The highest BCUT2D eigenvalue weighted by atomic mass is 19.4. The number of carbonyl (C=O) groups is 2. The van der Waals surface area contributed by atoms with Crippen LogP contribution in [0.3, 0.4) is 0 Å². The second-order valence-electron chi connectivity index (χ2n) is 8.26. The standard InChI is InChI=1S/C21H24FN3O.C2HF3O2/c1-16-13-21(10-11-24(16)14-17-6-3-2-4-7-17)15-23-20(26)25(21)19-9-5-8-18(22)12-19;3-2(4,5)1(6)7/h2-9,12,16H,10-11,13-15H2,1H3,(H,23,26);(H,6,7)/t16-,21+;/m1./s1. The van der Waals surface area contributed by atoms with Gasteiger partial charge in [-0.05, 0) is 43.5 Å². The normalized spacial score (nSPS) is 23.1. The molecular weight excluding hydrogens is 442 g/mol. The van der Waals surface area contributed by atoms with Crippen LogP contribution in [0.2, 0.25) is 0 Å². The van der Waals surface area contributed by atoms with Gasteiger partial charge in [0.25, 0.3) is 0 Å². The van der Waals surface area contributed by atoms with Crippen LogP contribution in [0.1, 0.15) is 25.3 Å². The van der Waals surface area contributed by atoms with Gasteiger partial charge in [0.1, 0.15) is 5.82 Å². The molecule has 4 rings (SSSR count). The molecule has 6 nitrogen and oxygen atoms in total. The molecule has 2 aromatic rings. The molecule has 1 spiro atoms. The molecule has 2 atom stereocenters. The van der Waals surface area contributed by atoms with Gasteiger partial charge in [0.2, 0.25) is 0 Å². The molecule has 33 heavy (non-hydrogen) atoms. The molecule has 0 bridgehead atoms. The fourth-order valence-electron chi connectivity index (χ4n) is 4.39. The summed E-state index contributed by atoms with van der Waals surface area (Å²) in [7, 11) is 0. The van der Waals surface area contributed by atoms with Crippen LogP contribution < -0.4 is 10.2 Å². The van der Waals surface area contributed by atoms with Crippen LogP contribution in [-0.4, -0.2) is 52.9 Å². The van der Waals surface area contributed by atoms with Gasteiger partial charge in [0, 0.05) is 31.4 Å². The van der Waals surface area contributed by atoms with Crippen LogP contribution in [0.4, 0.5) is 28.0 Å². The summed E-state index contributed by atoms with van der Waals surface area (Å²) in [6.45, 7) is 4.67. The molecule has 0 unspecified atom stereocenters. The second kappa shape index (κ2) is 9.78. The van der Waals surface area contributed by atoms with E-state index in [9.17, 15) is 22.4 Å². The minimum atomic E-state index is -5.08. The zero-order chi connectivity index (χ0) is 24.2. The molecule has 0 saturated carbocycles. The summed E-state index contributed by atoms with van der Waals surface area (Å²) < 4.78 is 45.5. The van der Waals surface area contributed by atoms with Gasteiger partial charge >= 0.3 is 18.2 Å². The summed E-state index contributed by atoms with van der Waals surface area (Å²) in [5, 5.41) is 10.1. The van der Waals surface area contributed by atoms with Gasteiger partial charge in [-0.25, -0.2) is 14.0 Å². The van der Waals surface area contributed by atoms with Crippen LogP contribution in [0, 0.1) is 5.82 Å². The maximum atomic E-state index is 13.7. The van der Waals surface area contributed by atoms with Crippen molar-refractivity contribution in [2.24, 2.45) is 0 Å². The number of carboxylic acids is 1. The van der Waals surface area contributed by atoms with Gasteiger partial charge in [-0.1, -0.05) is 36.4 Å². The van der Waals surface area contributed by atoms with Gasteiger partial charge in [-0.2, -0.15) is 13.2 Å². The first-order valence-electron chi connectivity index (χ1n) is 10.4. The van der Waals surface area contributed by atoms with E-state index in [4.69, 9.17) is 9.90 Å². The van der Waals surface area contributed by atoms with E-state index in [0.29, 0.717) is 18.3 Å². The van der Waals surface area contributed by atoms with E-state index >= 15 is 0 Å². The topological polar surface area (TPSA) is 72.9 Å². The second-order valence-corrected chi connectivity index (χ2v) is 8.26. The number of nitrogens with zero attached hydrogens (tertiary/aromatic N) is 2. The van der Waals surface area contributed by atoms with E-state index in [2.05, 4.69) is 41.4 Å². The third-order valence-corrected chi connectivity index (χ3v) is 5.95. The summed E-state index contributed by atoms with van der Waals surface area (Å²) in [5.74, 6) is -3.07. The average Bonchev–Trinajstić information content (AvgIpc) is 3.06. The molecule has 0 aliphatic carbocycles. The highest BCUT2D eigenvalue weighted by molar-refractivity contribution is 5.96. The van der Waals surface area contributed by atoms with Crippen molar-refractivity contribution in [3.8, 4) is 0 Å². The predicted molar refractivity (Wildman–Crippen MR) is 114 cm³/mol. The van der Waals surface area contributed by atoms with Crippen molar-refractivity contribution in [2.75, 3.05) is 18.0 Å². The fraction of sp³-hybridized carbons (Fsp3) is 0.391. The molecule has 2 fully saturated rings. The highest BCUT2D eigenvalue weighted by Gasteiger charge is 2.49. The summed E-state index contributed by atoms with van der Waals surface area (Å²) in [6, 6.07) is 17.0. The molecule has 10 heteroatoms. The Balaban J connectivity index is 0.000000383. The lowest BCUT2D eigenvalue weighted by Gasteiger charge is -2.47. The quantitative estimate of drug-likeness (QED) is 0.656. The highest BCUT2D eigenvalue weighted by Crippen LogP contribution is 2.39. The molecule has 0 radical (unpaired) electrons. The number of hydrogen-bond donors (Lipinski definition) is 2. The summed E-state index contributed by atoms with van der Waals surface area (Å²) in [6.07, 6.45) is -3.34. The monoisotopic (exact) mass is 467 g/mol. The predicted octanol–water partition coefficient (Wildman–Crippen LogP) is 4.41. The van der Waals surface area contributed by atoms with E-state index in [1.807, 2.05) is 12.1 Å². The maximum Gasteiger partial charge on any atom is 0.490 e. The molecule has 0 aromatic heterocycles. The average molecular weight is 467 g/mol. The smallest absolute Gasteiger partial charge is 0.475 e. The number of carboxylic acid groups (broad SMARTS) is 1. The first-order valence-corrected chi connectivity index (χ1v) is 10.4. The number of anilines is 1. The van der Waals surface area contributed by atoms with E-state index in [-0.39, 0.29) is 17.4 Å². The van der Waals surface area contributed by atoms with E-state index in [1.165, 1.54) is 17.7 Å². The Kier molecular flexibility index (Phi) is 7.26. The van der Waals surface area contributed by atoms with Crippen molar-refractivity contribution in [3.63, 3.8) is 0 Å². The van der Waals surface area contributed by atoms with Crippen molar-refractivity contribution in [2.45, 2.75) is 44.1 Å². The number of halogens is 4. The number of benzene rings is 2. The molecule has 178 valence electrons. The van der Waals surface area contributed by atoms with E-state index < -0.39 is 12.1 Å². The van der Waals surface area contributed by atoms with Crippen LogP contribution in [0.5, 0.6) is 0 Å². The fourth-order valence-corrected chi connectivity index (χ4v) is 4.39. The number of aliphatic carboxylic acids is 1. The molecule has 2 aromatic carbocycles. The minimum absolute atomic E-state index is 0.126. The number of rotatable bonds is 3. The molecule has 2 N–H and O–H groups in total. The molecule has 2 saturated heterocycles. The summed E-state index contributed by atoms with van der Waals surface area (Å²) in [4.78, 5) is 25.7. The van der Waals surface area contributed by atoms with Crippen molar-refractivity contribution in [3.05, 3.63) is 66.0 Å². The zero-order valence-corrected chi connectivity index (χ0v) is 18.0. The van der Waals surface area contributed by atoms with Crippen molar-refractivity contribution in [1.82, 2.24) is 10.2 Å². The Morgan fingerprint density at radius 1 is 1.18 bits per heavy atom. The number of piperidine rings is 1.